The van der Waals surface area contributed by atoms with Crippen molar-refractivity contribution in [3.05, 3.63) is 92.4 Å². The lowest BCUT2D eigenvalue weighted by molar-refractivity contribution is 0.0947. The SMILES string of the molecule is Cc1ccccc1-n1nc(C(=O)NN=Cc2ccc(C(C)C)cc2)c(C)c(C#N)c1=O. The molecule has 0 saturated carbocycles. The van der Waals surface area contributed by atoms with E-state index in [1.54, 1.807) is 12.1 Å². The third-order valence-electron chi connectivity index (χ3n) is 4.99. The molecule has 0 saturated heterocycles. The average Bonchev–Trinajstić information content (AvgIpc) is 2.75. The summed E-state index contributed by atoms with van der Waals surface area (Å²) in [4.78, 5) is 25.5. The first-order chi connectivity index (χ1) is 14.8. The Labute approximate surface area is 180 Å². The second-order valence-corrected chi connectivity index (χ2v) is 7.48. The molecule has 1 aromatic heterocycles. The van der Waals surface area contributed by atoms with Gasteiger partial charge in [-0.25, -0.2) is 5.43 Å². The van der Waals surface area contributed by atoms with Crippen molar-refractivity contribution in [2.75, 3.05) is 0 Å². The van der Waals surface area contributed by atoms with Crippen molar-refractivity contribution in [3.63, 3.8) is 0 Å². The van der Waals surface area contributed by atoms with Crippen LogP contribution in [-0.2, 0) is 0 Å². The Morgan fingerprint density at radius 3 is 2.45 bits per heavy atom. The lowest BCUT2D eigenvalue weighted by atomic mass is 10.0. The maximum atomic E-state index is 12.7. The van der Waals surface area contributed by atoms with Crippen LogP contribution in [0, 0.1) is 25.2 Å². The van der Waals surface area contributed by atoms with Gasteiger partial charge in [0.05, 0.1) is 11.9 Å². The minimum absolute atomic E-state index is 0.0355. The summed E-state index contributed by atoms with van der Waals surface area (Å²) in [5.74, 6) is -0.176. The molecular formula is C24H23N5O2. The van der Waals surface area contributed by atoms with Crippen LogP contribution in [0.5, 0.6) is 0 Å². The number of benzene rings is 2. The quantitative estimate of drug-likeness (QED) is 0.510. The van der Waals surface area contributed by atoms with Crippen LogP contribution in [0.1, 0.15) is 58.1 Å². The molecule has 0 spiro atoms. The number of hydrogen-bond acceptors (Lipinski definition) is 5. The molecule has 1 heterocycles. The summed E-state index contributed by atoms with van der Waals surface area (Å²) in [6.45, 7) is 7.58. The summed E-state index contributed by atoms with van der Waals surface area (Å²) in [6.07, 6.45) is 1.53. The molecule has 7 heteroatoms. The Balaban J connectivity index is 1.92. The predicted octanol–water partition coefficient (Wildman–Crippen LogP) is 3.61. The fourth-order valence-corrected chi connectivity index (χ4v) is 3.10. The van der Waals surface area contributed by atoms with E-state index in [0.29, 0.717) is 11.6 Å². The van der Waals surface area contributed by atoms with Crippen molar-refractivity contribution in [3.8, 4) is 11.8 Å². The highest BCUT2D eigenvalue weighted by Crippen LogP contribution is 2.15. The van der Waals surface area contributed by atoms with Gasteiger partial charge in [0.1, 0.15) is 11.6 Å². The van der Waals surface area contributed by atoms with E-state index in [-0.39, 0.29) is 16.8 Å². The van der Waals surface area contributed by atoms with Crippen LogP contribution < -0.4 is 11.0 Å². The van der Waals surface area contributed by atoms with E-state index >= 15 is 0 Å². The molecule has 3 rings (SSSR count). The van der Waals surface area contributed by atoms with Gasteiger partial charge in [0.25, 0.3) is 11.5 Å². The summed E-state index contributed by atoms with van der Waals surface area (Å²) < 4.78 is 1.09. The van der Waals surface area contributed by atoms with Gasteiger partial charge in [0.2, 0.25) is 0 Å². The topological polar surface area (TPSA) is 100 Å². The number of nitriles is 1. The average molecular weight is 413 g/mol. The molecule has 0 fully saturated rings. The van der Waals surface area contributed by atoms with E-state index in [2.05, 4.69) is 29.5 Å². The van der Waals surface area contributed by atoms with Crippen molar-refractivity contribution < 1.29 is 4.79 Å². The second kappa shape index (κ2) is 9.18. The second-order valence-electron chi connectivity index (χ2n) is 7.48. The third kappa shape index (κ3) is 4.59. The van der Waals surface area contributed by atoms with Gasteiger partial charge < -0.3 is 0 Å². The maximum Gasteiger partial charge on any atom is 0.292 e. The predicted molar refractivity (Wildman–Crippen MR) is 120 cm³/mol. The normalized spacial score (nSPS) is 11.0. The third-order valence-corrected chi connectivity index (χ3v) is 4.99. The molecule has 0 aliphatic heterocycles. The van der Waals surface area contributed by atoms with Crippen LogP contribution in [0.25, 0.3) is 5.69 Å². The van der Waals surface area contributed by atoms with Crippen LogP contribution in [0.4, 0.5) is 0 Å². The molecule has 2 aromatic carbocycles. The van der Waals surface area contributed by atoms with Crippen molar-refractivity contribution in [1.82, 2.24) is 15.2 Å². The molecule has 0 bridgehead atoms. The number of hydrazone groups is 1. The van der Waals surface area contributed by atoms with Crippen LogP contribution >= 0.6 is 0 Å². The standard InChI is InChI=1S/C24H23N5O2/c1-15(2)19-11-9-18(10-12-19)14-26-27-23(30)22-17(4)20(13-25)24(31)29(28-22)21-8-6-5-7-16(21)3/h5-12,14-15H,1-4H3,(H,27,30). The largest absolute Gasteiger partial charge is 0.292 e. The number of hydrogen-bond donors (Lipinski definition) is 1. The van der Waals surface area contributed by atoms with Crippen LogP contribution in [-0.4, -0.2) is 21.9 Å². The first-order valence-corrected chi connectivity index (χ1v) is 9.87. The minimum atomic E-state index is -0.605. The molecule has 0 aliphatic rings. The van der Waals surface area contributed by atoms with Crippen LogP contribution in [0.3, 0.4) is 0 Å². The van der Waals surface area contributed by atoms with Gasteiger partial charge in [0, 0.05) is 5.56 Å². The fourth-order valence-electron chi connectivity index (χ4n) is 3.10. The molecule has 156 valence electrons. The van der Waals surface area contributed by atoms with Gasteiger partial charge in [-0.15, -0.1) is 0 Å². The van der Waals surface area contributed by atoms with Crippen molar-refractivity contribution in [2.24, 2.45) is 5.10 Å². The first kappa shape index (κ1) is 21.7. The van der Waals surface area contributed by atoms with E-state index < -0.39 is 11.5 Å². The summed E-state index contributed by atoms with van der Waals surface area (Å²) in [5.41, 5.74) is 5.25. The molecule has 3 aromatic rings. The van der Waals surface area contributed by atoms with E-state index in [1.807, 2.05) is 49.4 Å². The molecule has 0 atom stereocenters. The summed E-state index contributed by atoms with van der Waals surface area (Å²) in [7, 11) is 0. The van der Waals surface area contributed by atoms with Gasteiger partial charge in [-0.3, -0.25) is 9.59 Å². The van der Waals surface area contributed by atoms with Gasteiger partial charge in [0.15, 0.2) is 5.69 Å². The Bertz CT molecular complexity index is 1250. The molecule has 31 heavy (non-hydrogen) atoms. The Morgan fingerprint density at radius 2 is 1.84 bits per heavy atom. The van der Waals surface area contributed by atoms with E-state index in [9.17, 15) is 14.9 Å². The molecule has 0 aliphatic carbocycles. The van der Waals surface area contributed by atoms with Gasteiger partial charge in [-0.05, 0) is 42.5 Å². The Hall–Kier alpha value is -4.05. The van der Waals surface area contributed by atoms with E-state index in [4.69, 9.17) is 0 Å². The summed E-state index contributed by atoms with van der Waals surface area (Å²) in [6, 6.07) is 16.9. The van der Waals surface area contributed by atoms with Crippen LogP contribution in [0.15, 0.2) is 58.4 Å². The number of aryl methyl sites for hydroxylation is 1. The van der Waals surface area contributed by atoms with Gasteiger partial charge in [-0.2, -0.15) is 20.1 Å². The number of nitrogens with one attached hydrogen (secondary N) is 1. The number of para-hydroxylation sites is 1. The number of nitrogens with zero attached hydrogens (tertiary/aromatic N) is 4. The molecule has 1 N–H and O–H groups in total. The number of carbonyl (C=O) groups excluding carboxylic acids is 1. The number of aromatic nitrogens is 2. The number of rotatable bonds is 5. The fraction of sp³-hybridized carbons (Fsp3) is 0.208. The molecular weight excluding hydrogens is 390 g/mol. The van der Waals surface area contributed by atoms with E-state index in [1.165, 1.54) is 18.7 Å². The zero-order valence-electron chi connectivity index (χ0n) is 17.9. The summed E-state index contributed by atoms with van der Waals surface area (Å²) >= 11 is 0. The van der Waals surface area contributed by atoms with Crippen molar-refractivity contribution in [2.45, 2.75) is 33.6 Å². The minimum Gasteiger partial charge on any atom is -0.266 e. The molecule has 7 nitrogen and oxygen atoms in total. The highest BCUT2D eigenvalue weighted by atomic mass is 16.2. The van der Waals surface area contributed by atoms with Gasteiger partial charge in [-0.1, -0.05) is 56.3 Å². The van der Waals surface area contributed by atoms with E-state index in [0.717, 1.165) is 15.8 Å². The number of amides is 1. The van der Waals surface area contributed by atoms with Crippen molar-refractivity contribution in [1.29, 1.82) is 5.26 Å². The first-order valence-electron chi connectivity index (χ1n) is 9.87. The van der Waals surface area contributed by atoms with Crippen molar-refractivity contribution >= 4 is 12.1 Å². The highest BCUT2D eigenvalue weighted by molar-refractivity contribution is 5.94. The van der Waals surface area contributed by atoms with Gasteiger partial charge >= 0.3 is 0 Å². The highest BCUT2D eigenvalue weighted by Gasteiger charge is 2.20. The molecule has 0 unspecified atom stereocenters. The maximum absolute atomic E-state index is 12.7. The Kier molecular flexibility index (Phi) is 6.41. The number of carbonyl (C=O) groups is 1. The zero-order chi connectivity index (χ0) is 22.5. The summed E-state index contributed by atoms with van der Waals surface area (Å²) in [5, 5.41) is 17.7. The smallest absolute Gasteiger partial charge is 0.266 e. The van der Waals surface area contributed by atoms with Crippen LogP contribution in [0.2, 0.25) is 0 Å². The molecule has 1 amide bonds. The molecule has 0 radical (unpaired) electrons. The monoisotopic (exact) mass is 413 g/mol. The lowest BCUT2D eigenvalue weighted by Gasteiger charge is -2.12. The lowest BCUT2D eigenvalue weighted by Crippen LogP contribution is -2.31. The zero-order valence-corrected chi connectivity index (χ0v) is 17.9. The Morgan fingerprint density at radius 1 is 1.16 bits per heavy atom.